The summed E-state index contributed by atoms with van der Waals surface area (Å²) in [5.41, 5.74) is 0.939. The fourth-order valence-electron chi connectivity index (χ4n) is 3.64. The lowest BCUT2D eigenvalue weighted by Gasteiger charge is -2.25. The molecule has 0 spiro atoms. The molecule has 7 nitrogen and oxygen atoms in total. The summed E-state index contributed by atoms with van der Waals surface area (Å²) in [6.45, 7) is 4.23. The van der Waals surface area contributed by atoms with Gasteiger partial charge in [-0.05, 0) is 49.7 Å². The molecular weight excluding hydrogens is 434 g/mol. The first kappa shape index (κ1) is 23.6. The Bertz CT molecular complexity index is 1050. The number of hydrogen-bond acceptors (Lipinski definition) is 6. The molecule has 0 bridgehead atoms. The molecule has 2 aromatic carbocycles. The Morgan fingerprint density at radius 1 is 1.16 bits per heavy atom. The number of amides is 1. The number of carbonyl (C=O) groups is 2. The molecule has 0 saturated carbocycles. The van der Waals surface area contributed by atoms with Crippen molar-refractivity contribution < 1.29 is 28.9 Å². The van der Waals surface area contributed by atoms with Crippen molar-refractivity contribution in [3.05, 3.63) is 64.2 Å². The van der Waals surface area contributed by atoms with Crippen molar-refractivity contribution >= 4 is 29.1 Å². The van der Waals surface area contributed by atoms with E-state index in [4.69, 9.17) is 25.8 Å². The van der Waals surface area contributed by atoms with Gasteiger partial charge in [-0.2, -0.15) is 0 Å². The number of methoxy groups -OCH3 is 2. The Morgan fingerprint density at radius 2 is 1.91 bits per heavy atom. The monoisotopic (exact) mass is 459 g/mol. The zero-order valence-corrected chi connectivity index (χ0v) is 19.2. The summed E-state index contributed by atoms with van der Waals surface area (Å²) in [7, 11) is 2.97. The van der Waals surface area contributed by atoms with Crippen LogP contribution in [0.2, 0.25) is 5.02 Å². The number of benzene rings is 2. The van der Waals surface area contributed by atoms with E-state index in [1.54, 1.807) is 36.4 Å². The van der Waals surface area contributed by atoms with Gasteiger partial charge in [0.15, 0.2) is 0 Å². The van der Waals surface area contributed by atoms with Crippen molar-refractivity contribution in [2.24, 2.45) is 0 Å². The van der Waals surface area contributed by atoms with Crippen molar-refractivity contribution in [3.8, 4) is 11.5 Å². The molecule has 3 rings (SSSR count). The SMILES string of the molecule is COCCN1C(=O)C(=O)/C(=C(\O)c2ccc(Cl)c(OC)c2)C1c1cccc(OC(C)C)c1. The highest BCUT2D eigenvalue weighted by Crippen LogP contribution is 2.41. The number of carbonyl (C=O) groups excluding carboxylic acids is 2. The number of rotatable bonds is 8. The number of nitrogens with zero attached hydrogens (tertiary/aromatic N) is 1. The maximum Gasteiger partial charge on any atom is 0.295 e. The van der Waals surface area contributed by atoms with Crippen LogP contribution in [0, 0.1) is 0 Å². The van der Waals surface area contributed by atoms with Crippen molar-refractivity contribution in [2.45, 2.75) is 26.0 Å². The molecule has 1 aliphatic heterocycles. The molecule has 1 N–H and O–H groups in total. The highest BCUT2D eigenvalue weighted by molar-refractivity contribution is 6.46. The molecule has 170 valence electrons. The normalized spacial score (nSPS) is 17.8. The Balaban J connectivity index is 2.17. The second-order valence-electron chi connectivity index (χ2n) is 7.57. The quantitative estimate of drug-likeness (QED) is 0.361. The topological polar surface area (TPSA) is 85.3 Å². The summed E-state index contributed by atoms with van der Waals surface area (Å²) < 4.78 is 16.1. The maximum absolute atomic E-state index is 13.0. The van der Waals surface area contributed by atoms with E-state index in [0.29, 0.717) is 27.6 Å². The van der Waals surface area contributed by atoms with Gasteiger partial charge >= 0.3 is 0 Å². The summed E-state index contributed by atoms with van der Waals surface area (Å²) >= 11 is 6.10. The molecule has 1 aliphatic rings. The number of hydrogen-bond donors (Lipinski definition) is 1. The highest BCUT2D eigenvalue weighted by atomic mass is 35.5. The molecule has 1 saturated heterocycles. The van der Waals surface area contributed by atoms with Gasteiger partial charge in [-0.15, -0.1) is 0 Å². The summed E-state index contributed by atoms with van der Waals surface area (Å²) in [6, 6.07) is 11.0. The third-order valence-electron chi connectivity index (χ3n) is 5.05. The third-order valence-corrected chi connectivity index (χ3v) is 5.36. The van der Waals surface area contributed by atoms with Crippen LogP contribution < -0.4 is 9.47 Å². The Labute approximate surface area is 192 Å². The van der Waals surface area contributed by atoms with E-state index in [-0.39, 0.29) is 30.6 Å². The highest BCUT2D eigenvalue weighted by Gasteiger charge is 2.46. The fraction of sp³-hybridized carbons (Fsp3) is 0.333. The molecule has 32 heavy (non-hydrogen) atoms. The van der Waals surface area contributed by atoms with Crippen LogP contribution in [-0.4, -0.2) is 55.2 Å². The van der Waals surface area contributed by atoms with Crippen molar-refractivity contribution in [1.82, 2.24) is 4.90 Å². The number of halogens is 1. The van der Waals surface area contributed by atoms with Gasteiger partial charge < -0.3 is 24.2 Å². The number of aliphatic hydroxyl groups excluding tert-OH is 1. The molecule has 1 amide bonds. The Kier molecular flexibility index (Phi) is 7.43. The molecule has 2 aromatic rings. The zero-order chi connectivity index (χ0) is 23.4. The molecular formula is C24H26ClNO6. The second-order valence-corrected chi connectivity index (χ2v) is 7.98. The third kappa shape index (κ3) is 4.74. The van der Waals surface area contributed by atoms with Crippen molar-refractivity contribution in [1.29, 1.82) is 0 Å². The molecule has 1 fully saturated rings. The average molecular weight is 460 g/mol. The van der Waals surface area contributed by atoms with E-state index >= 15 is 0 Å². The number of likely N-dealkylation sites (tertiary alicyclic amines) is 1. The summed E-state index contributed by atoms with van der Waals surface area (Å²) in [6.07, 6.45) is -0.0494. The van der Waals surface area contributed by atoms with Gasteiger partial charge in [0.05, 0.1) is 36.5 Å². The number of Topliss-reactive ketones (excluding diaryl/α,β-unsaturated/α-hetero) is 1. The molecule has 0 aromatic heterocycles. The van der Waals surface area contributed by atoms with E-state index in [0.717, 1.165) is 0 Å². The second kappa shape index (κ2) is 10.1. The standard InChI is InChI=1S/C24H26ClNO6/c1-14(2)32-17-7-5-6-15(12-17)21-20(23(28)24(29)26(21)10-11-30-3)22(27)16-8-9-18(25)19(13-16)31-4/h5-9,12-14,21,27H,10-11H2,1-4H3/b22-20-. The molecule has 0 aliphatic carbocycles. The van der Waals surface area contributed by atoms with Crippen LogP contribution in [0.15, 0.2) is 48.0 Å². The number of aliphatic hydroxyl groups is 1. The summed E-state index contributed by atoms with van der Waals surface area (Å²) in [5.74, 6) is -0.841. The number of ketones is 1. The van der Waals surface area contributed by atoms with Crippen LogP contribution in [0.5, 0.6) is 11.5 Å². The first-order valence-corrected chi connectivity index (χ1v) is 10.5. The fourth-order valence-corrected chi connectivity index (χ4v) is 3.83. The van der Waals surface area contributed by atoms with Gasteiger partial charge in [-0.1, -0.05) is 23.7 Å². The van der Waals surface area contributed by atoms with Gasteiger partial charge in [0.2, 0.25) is 0 Å². The minimum Gasteiger partial charge on any atom is -0.507 e. The van der Waals surface area contributed by atoms with Gasteiger partial charge in [-0.3, -0.25) is 9.59 Å². The average Bonchev–Trinajstić information content (AvgIpc) is 3.02. The first-order chi connectivity index (χ1) is 15.3. The van der Waals surface area contributed by atoms with Crippen LogP contribution in [0.4, 0.5) is 0 Å². The lowest BCUT2D eigenvalue weighted by molar-refractivity contribution is -0.140. The molecule has 0 radical (unpaired) electrons. The smallest absolute Gasteiger partial charge is 0.295 e. The van der Waals surface area contributed by atoms with Crippen LogP contribution in [0.25, 0.3) is 5.76 Å². The van der Waals surface area contributed by atoms with Crippen molar-refractivity contribution in [2.75, 3.05) is 27.4 Å². The van der Waals surface area contributed by atoms with Crippen LogP contribution in [0.3, 0.4) is 0 Å². The molecule has 1 unspecified atom stereocenters. The van der Waals surface area contributed by atoms with E-state index < -0.39 is 17.7 Å². The van der Waals surface area contributed by atoms with Gasteiger partial charge in [0, 0.05) is 19.2 Å². The van der Waals surface area contributed by atoms with Gasteiger partial charge in [0.25, 0.3) is 11.7 Å². The first-order valence-electron chi connectivity index (χ1n) is 10.2. The lowest BCUT2D eigenvalue weighted by atomic mass is 9.95. The van der Waals surface area contributed by atoms with Crippen LogP contribution in [0.1, 0.15) is 31.0 Å². The predicted molar refractivity (Wildman–Crippen MR) is 121 cm³/mol. The van der Waals surface area contributed by atoms with Crippen LogP contribution in [-0.2, 0) is 14.3 Å². The van der Waals surface area contributed by atoms with Gasteiger partial charge in [-0.25, -0.2) is 0 Å². The van der Waals surface area contributed by atoms with E-state index in [9.17, 15) is 14.7 Å². The molecule has 8 heteroatoms. The Morgan fingerprint density at radius 3 is 2.56 bits per heavy atom. The minimum absolute atomic E-state index is 0.0165. The largest absolute Gasteiger partial charge is 0.507 e. The van der Waals surface area contributed by atoms with E-state index in [1.165, 1.54) is 25.2 Å². The zero-order valence-electron chi connectivity index (χ0n) is 18.4. The summed E-state index contributed by atoms with van der Waals surface area (Å²) in [4.78, 5) is 27.3. The molecule has 1 atom stereocenters. The van der Waals surface area contributed by atoms with Gasteiger partial charge in [0.1, 0.15) is 17.3 Å². The van der Waals surface area contributed by atoms with Crippen LogP contribution >= 0.6 is 11.6 Å². The lowest BCUT2D eigenvalue weighted by Crippen LogP contribution is -2.32. The van der Waals surface area contributed by atoms with Crippen molar-refractivity contribution in [3.63, 3.8) is 0 Å². The predicted octanol–water partition coefficient (Wildman–Crippen LogP) is 4.20. The van der Waals surface area contributed by atoms with E-state index in [1.807, 2.05) is 13.8 Å². The minimum atomic E-state index is -0.803. The van der Waals surface area contributed by atoms with E-state index in [2.05, 4.69) is 0 Å². The molecule has 1 heterocycles. The maximum atomic E-state index is 13.0. The summed E-state index contributed by atoms with van der Waals surface area (Å²) in [5, 5.41) is 11.5. The number of ether oxygens (including phenoxy) is 3. The Hall–Kier alpha value is -3.03.